The van der Waals surface area contributed by atoms with Crippen molar-refractivity contribution in [1.29, 1.82) is 0 Å². The van der Waals surface area contributed by atoms with Gasteiger partial charge < -0.3 is 21.1 Å². The first kappa shape index (κ1) is 21.1. The smallest absolute Gasteiger partial charge is 0.266 e. The highest BCUT2D eigenvalue weighted by atomic mass is 19.3. The zero-order chi connectivity index (χ0) is 22.1. The highest BCUT2D eigenvalue weighted by Gasteiger charge is 2.22. The van der Waals surface area contributed by atoms with Crippen molar-refractivity contribution in [2.75, 3.05) is 29.6 Å². The Hall–Kier alpha value is -3.14. The molecule has 1 saturated heterocycles. The van der Waals surface area contributed by atoms with Crippen LogP contribution in [0.4, 0.5) is 30.5 Å². The number of ether oxygens (including phenoxy) is 1. The maximum atomic E-state index is 14.7. The van der Waals surface area contributed by atoms with Crippen LogP contribution in [0.2, 0.25) is 0 Å². The van der Waals surface area contributed by atoms with Gasteiger partial charge in [0.2, 0.25) is 0 Å². The van der Waals surface area contributed by atoms with Gasteiger partial charge in [-0.15, -0.1) is 0 Å². The average molecular weight is 432 g/mol. The van der Waals surface area contributed by atoms with E-state index in [2.05, 4.69) is 25.6 Å². The molecule has 1 aromatic carbocycles. The lowest BCUT2D eigenvalue weighted by atomic mass is 10.0. The summed E-state index contributed by atoms with van der Waals surface area (Å²) in [5.41, 5.74) is 5.72. The van der Waals surface area contributed by atoms with Crippen LogP contribution in [-0.4, -0.2) is 34.2 Å². The number of nitrogens with one attached hydrogen (secondary N) is 2. The van der Waals surface area contributed by atoms with E-state index >= 15 is 0 Å². The number of aromatic nitrogens is 3. The number of halogens is 3. The van der Waals surface area contributed by atoms with Gasteiger partial charge in [0.25, 0.3) is 6.43 Å². The summed E-state index contributed by atoms with van der Waals surface area (Å²) in [7, 11) is 0. The number of rotatable bonds is 6. The summed E-state index contributed by atoms with van der Waals surface area (Å²) in [6.45, 7) is 4.69. The Kier molecular flexibility index (Phi) is 5.81. The summed E-state index contributed by atoms with van der Waals surface area (Å²) in [6.07, 6.45) is -0.447. The molecule has 1 aliphatic heterocycles. The van der Waals surface area contributed by atoms with Crippen LogP contribution >= 0.6 is 0 Å². The number of hydrogen-bond acceptors (Lipinski definition) is 7. The van der Waals surface area contributed by atoms with E-state index in [-0.39, 0.29) is 17.3 Å². The van der Waals surface area contributed by atoms with Gasteiger partial charge in [0, 0.05) is 23.2 Å². The Morgan fingerprint density at radius 2 is 1.97 bits per heavy atom. The van der Waals surface area contributed by atoms with Gasteiger partial charge in [0.15, 0.2) is 0 Å². The van der Waals surface area contributed by atoms with Crippen LogP contribution in [0.15, 0.2) is 24.4 Å². The largest absolute Gasteiger partial charge is 0.399 e. The third-order valence-electron chi connectivity index (χ3n) is 5.18. The van der Waals surface area contributed by atoms with Crippen LogP contribution < -0.4 is 16.4 Å². The third kappa shape index (κ3) is 4.48. The number of pyridine rings is 1. The monoisotopic (exact) mass is 432 g/mol. The molecule has 2 atom stereocenters. The molecule has 0 radical (unpaired) electrons. The molecular formula is C21H23F3N6O. The zero-order valence-electron chi connectivity index (χ0n) is 17.1. The minimum atomic E-state index is -2.96. The molecule has 1 aliphatic rings. The van der Waals surface area contributed by atoms with E-state index in [4.69, 9.17) is 10.5 Å². The molecule has 0 amide bonds. The van der Waals surface area contributed by atoms with Crippen molar-refractivity contribution >= 4 is 28.2 Å². The molecule has 0 spiro atoms. The number of hydrogen-bond donors (Lipinski definition) is 3. The summed E-state index contributed by atoms with van der Waals surface area (Å²) < 4.78 is 46.5. The van der Waals surface area contributed by atoms with Crippen LogP contribution in [0.5, 0.6) is 0 Å². The zero-order valence-corrected chi connectivity index (χ0v) is 17.1. The Morgan fingerprint density at radius 3 is 2.68 bits per heavy atom. The van der Waals surface area contributed by atoms with Crippen molar-refractivity contribution in [3.63, 3.8) is 0 Å². The molecule has 164 valence electrons. The van der Waals surface area contributed by atoms with Gasteiger partial charge in [0.05, 0.1) is 36.0 Å². The minimum Gasteiger partial charge on any atom is -0.399 e. The highest BCUT2D eigenvalue weighted by molar-refractivity contribution is 5.90. The minimum absolute atomic E-state index is 0.0372. The Bertz CT molecular complexity index is 1100. The number of nitrogen functional groups attached to an aromatic ring is 1. The molecule has 2 aromatic heterocycles. The third-order valence-corrected chi connectivity index (χ3v) is 5.18. The highest BCUT2D eigenvalue weighted by Crippen LogP contribution is 2.32. The molecule has 0 bridgehead atoms. The molecule has 3 aromatic rings. The molecule has 4 N–H and O–H groups in total. The number of nitrogens with zero attached hydrogens (tertiary/aromatic N) is 3. The van der Waals surface area contributed by atoms with E-state index in [1.807, 2.05) is 6.07 Å². The Balaban J connectivity index is 1.68. The topological polar surface area (TPSA) is 98.0 Å². The summed E-state index contributed by atoms with van der Waals surface area (Å²) in [6, 6.07) is 3.61. The first-order valence-corrected chi connectivity index (χ1v) is 9.94. The van der Waals surface area contributed by atoms with E-state index in [9.17, 15) is 13.2 Å². The predicted octanol–water partition coefficient (Wildman–Crippen LogP) is 4.37. The van der Waals surface area contributed by atoms with Crippen molar-refractivity contribution in [2.24, 2.45) is 0 Å². The molecule has 7 nitrogen and oxygen atoms in total. The molecule has 1 fully saturated rings. The van der Waals surface area contributed by atoms with Crippen LogP contribution in [0, 0.1) is 12.7 Å². The normalized spacial score (nSPS) is 17.3. The Morgan fingerprint density at radius 1 is 1.19 bits per heavy atom. The summed E-state index contributed by atoms with van der Waals surface area (Å²) in [5, 5.41) is 7.12. The average Bonchev–Trinajstić information content (AvgIpc) is 3.22. The van der Waals surface area contributed by atoms with Gasteiger partial charge >= 0.3 is 0 Å². The number of fused-ring (bicyclic) bond motifs is 1. The van der Waals surface area contributed by atoms with Crippen LogP contribution in [0.25, 0.3) is 10.9 Å². The number of nitrogens with two attached hydrogens (primary N) is 1. The number of anilines is 3. The van der Waals surface area contributed by atoms with Gasteiger partial charge in [-0.2, -0.15) is 0 Å². The lowest BCUT2D eigenvalue weighted by molar-refractivity contribution is 0.146. The van der Waals surface area contributed by atoms with Gasteiger partial charge in [-0.05, 0) is 38.5 Å². The molecule has 4 rings (SSSR count). The fraction of sp³-hybridized carbons (Fsp3) is 0.381. The molecule has 0 unspecified atom stereocenters. The summed E-state index contributed by atoms with van der Waals surface area (Å²) in [5.74, 6) is 0.601. The van der Waals surface area contributed by atoms with Crippen molar-refractivity contribution in [3.8, 4) is 0 Å². The van der Waals surface area contributed by atoms with E-state index in [1.165, 1.54) is 6.07 Å². The molecule has 10 heteroatoms. The lowest BCUT2D eigenvalue weighted by Crippen LogP contribution is -2.19. The fourth-order valence-corrected chi connectivity index (χ4v) is 3.65. The predicted molar refractivity (Wildman–Crippen MR) is 113 cm³/mol. The van der Waals surface area contributed by atoms with Gasteiger partial charge in [-0.3, -0.25) is 0 Å². The second kappa shape index (κ2) is 8.54. The van der Waals surface area contributed by atoms with Crippen molar-refractivity contribution in [1.82, 2.24) is 15.0 Å². The van der Waals surface area contributed by atoms with Gasteiger partial charge in [0.1, 0.15) is 23.3 Å². The fourth-order valence-electron chi connectivity index (χ4n) is 3.65. The second-order valence-electron chi connectivity index (χ2n) is 7.59. The quantitative estimate of drug-likeness (QED) is 0.498. The maximum absolute atomic E-state index is 14.7. The standard InChI is InChI=1S/C21H23F3N6O/c1-10(14-5-12(25)6-16(19(14)22)20(23)24)27-21-15-7-18(30-13-3-4-31-9-13)26-8-17(15)28-11(2)29-21/h5-8,10,13,20H,3-4,9,25H2,1-2H3,(H,26,30)(H,27,28,29)/t10-,13+/m1/s1. The molecule has 31 heavy (non-hydrogen) atoms. The van der Waals surface area contributed by atoms with Crippen molar-refractivity contribution < 1.29 is 17.9 Å². The van der Waals surface area contributed by atoms with Crippen molar-refractivity contribution in [2.45, 2.75) is 38.8 Å². The van der Waals surface area contributed by atoms with Crippen LogP contribution in [0.3, 0.4) is 0 Å². The van der Waals surface area contributed by atoms with Crippen molar-refractivity contribution in [3.05, 3.63) is 47.2 Å². The summed E-state index contributed by atoms with van der Waals surface area (Å²) >= 11 is 0. The first-order chi connectivity index (χ1) is 14.8. The molecular weight excluding hydrogens is 409 g/mol. The number of benzene rings is 1. The van der Waals surface area contributed by atoms with E-state index in [1.54, 1.807) is 20.0 Å². The lowest BCUT2D eigenvalue weighted by Gasteiger charge is -2.20. The SMILES string of the molecule is Cc1nc(N[C@H](C)c2cc(N)cc(C(F)F)c2F)c2cc(N[C@H]3CCOC3)ncc2n1. The van der Waals surface area contributed by atoms with Crippen LogP contribution in [-0.2, 0) is 4.74 Å². The maximum Gasteiger partial charge on any atom is 0.266 e. The molecule has 3 heterocycles. The summed E-state index contributed by atoms with van der Waals surface area (Å²) in [4.78, 5) is 13.2. The van der Waals surface area contributed by atoms with E-state index < -0.39 is 23.8 Å². The van der Waals surface area contributed by atoms with Gasteiger partial charge in [-0.1, -0.05) is 0 Å². The Labute approximate surface area is 177 Å². The number of alkyl halides is 2. The molecule has 0 saturated carbocycles. The first-order valence-electron chi connectivity index (χ1n) is 9.94. The molecule has 0 aliphatic carbocycles. The number of aryl methyl sites for hydroxylation is 1. The second-order valence-corrected chi connectivity index (χ2v) is 7.59. The van der Waals surface area contributed by atoms with E-state index in [0.717, 1.165) is 12.5 Å². The van der Waals surface area contributed by atoms with Crippen LogP contribution in [0.1, 0.15) is 42.8 Å². The van der Waals surface area contributed by atoms with Gasteiger partial charge in [-0.25, -0.2) is 28.1 Å². The van der Waals surface area contributed by atoms with E-state index in [0.29, 0.717) is 41.6 Å².